The van der Waals surface area contributed by atoms with Gasteiger partial charge in [-0.2, -0.15) is 0 Å². The number of rotatable bonds is 1. The van der Waals surface area contributed by atoms with Gasteiger partial charge in [-0.05, 0) is 51.2 Å². The summed E-state index contributed by atoms with van der Waals surface area (Å²) >= 11 is 3.41. The van der Waals surface area contributed by atoms with Crippen LogP contribution in [-0.2, 0) is 0 Å². The van der Waals surface area contributed by atoms with Crippen molar-refractivity contribution in [1.29, 1.82) is 0 Å². The Kier molecular flexibility index (Phi) is 3.41. The van der Waals surface area contributed by atoms with E-state index in [1.807, 2.05) is 22.8 Å². The largest absolute Gasteiger partial charge is 0.306 e. The molecule has 1 fully saturated rings. The van der Waals surface area contributed by atoms with E-state index in [-0.39, 0.29) is 11.6 Å². The van der Waals surface area contributed by atoms with Gasteiger partial charge in [0.1, 0.15) is 0 Å². The van der Waals surface area contributed by atoms with E-state index in [0.717, 1.165) is 35.9 Å². The molecular weight excluding hydrogens is 306 g/mol. The van der Waals surface area contributed by atoms with Crippen molar-refractivity contribution in [1.82, 2.24) is 14.5 Å². The van der Waals surface area contributed by atoms with Gasteiger partial charge in [-0.3, -0.25) is 9.36 Å². The van der Waals surface area contributed by atoms with Crippen LogP contribution in [0.15, 0.2) is 33.8 Å². The van der Waals surface area contributed by atoms with E-state index in [1.54, 1.807) is 6.33 Å². The molecule has 1 saturated heterocycles. The fourth-order valence-corrected chi connectivity index (χ4v) is 3.00. The average molecular weight is 322 g/mol. The number of aromatic nitrogens is 2. The standard InChI is InChI=1S/C14H16BrN3O/c1-17-6-4-11(5-7-17)18-9-16-13-3-2-10(15)8-12(13)14(18)19/h2-3,8-9,11H,4-7H2,1H3. The number of benzene rings is 1. The summed E-state index contributed by atoms with van der Waals surface area (Å²) in [5.41, 5.74) is 0.832. The number of halogens is 1. The number of nitrogens with zero attached hydrogens (tertiary/aromatic N) is 3. The fraction of sp³-hybridized carbons (Fsp3) is 0.429. The Balaban J connectivity index is 2.05. The summed E-state index contributed by atoms with van der Waals surface area (Å²) in [4.78, 5) is 19.3. The molecule has 19 heavy (non-hydrogen) atoms. The van der Waals surface area contributed by atoms with Crippen LogP contribution in [0.1, 0.15) is 18.9 Å². The van der Waals surface area contributed by atoms with E-state index in [4.69, 9.17) is 0 Å². The molecule has 100 valence electrons. The molecule has 0 saturated carbocycles. The minimum absolute atomic E-state index is 0.0702. The molecule has 0 amide bonds. The van der Waals surface area contributed by atoms with Crippen LogP contribution in [0.4, 0.5) is 0 Å². The smallest absolute Gasteiger partial charge is 0.261 e. The Bertz CT molecular complexity index is 659. The van der Waals surface area contributed by atoms with E-state index in [1.165, 1.54) is 0 Å². The summed E-state index contributed by atoms with van der Waals surface area (Å²) in [5.74, 6) is 0. The lowest BCUT2D eigenvalue weighted by molar-refractivity contribution is 0.218. The van der Waals surface area contributed by atoms with Crippen molar-refractivity contribution < 1.29 is 0 Å². The van der Waals surface area contributed by atoms with Gasteiger partial charge >= 0.3 is 0 Å². The normalized spacial score (nSPS) is 18.0. The van der Waals surface area contributed by atoms with Gasteiger partial charge in [0.2, 0.25) is 0 Å². The molecule has 4 nitrogen and oxygen atoms in total. The van der Waals surface area contributed by atoms with E-state index in [9.17, 15) is 4.79 Å². The second-order valence-corrected chi connectivity index (χ2v) is 6.07. The SMILES string of the molecule is CN1CCC(n2cnc3ccc(Br)cc3c2=O)CC1. The first-order chi connectivity index (χ1) is 9.15. The van der Waals surface area contributed by atoms with Crippen LogP contribution in [0.25, 0.3) is 10.9 Å². The monoisotopic (exact) mass is 321 g/mol. The summed E-state index contributed by atoms with van der Waals surface area (Å²) in [5, 5.41) is 0.691. The second kappa shape index (κ2) is 5.06. The number of piperidine rings is 1. The molecule has 1 aromatic carbocycles. The maximum atomic E-state index is 12.5. The molecule has 2 aromatic rings. The minimum Gasteiger partial charge on any atom is -0.306 e. The number of hydrogen-bond donors (Lipinski definition) is 0. The quantitative estimate of drug-likeness (QED) is 0.809. The Morgan fingerprint density at radius 2 is 2.05 bits per heavy atom. The molecule has 1 aromatic heterocycles. The lowest BCUT2D eigenvalue weighted by atomic mass is 10.1. The van der Waals surface area contributed by atoms with Crippen molar-refractivity contribution >= 4 is 26.8 Å². The van der Waals surface area contributed by atoms with E-state index in [2.05, 4.69) is 32.9 Å². The summed E-state index contributed by atoms with van der Waals surface area (Å²) < 4.78 is 2.72. The maximum absolute atomic E-state index is 12.5. The molecule has 0 spiro atoms. The van der Waals surface area contributed by atoms with Crippen LogP contribution in [-0.4, -0.2) is 34.6 Å². The van der Waals surface area contributed by atoms with Crippen molar-refractivity contribution in [2.45, 2.75) is 18.9 Å². The Labute approximate surface area is 120 Å². The van der Waals surface area contributed by atoms with Gasteiger partial charge in [-0.15, -0.1) is 0 Å². The molecule has 1 aliphatic heterocycles. The second-order valence-electron chi connectivity index (χ2n) is 5.15. The predicted octanol–water partition coefficient (Wildman–Crippen LogP) is 2.43. The van der Waals surface area contributed by atoms with Crippen molar-refractivity contribution in [3.05, 3.63) is 39.4 Å². The van der Waals surface area contributed by atoms with Gasteiger partial charge in [0.25, 0.3) is 5.56 Å². The zero-order chi connectivity index (χ0) is 13.4. The molecule has 0 radical (unpaired) electrons. The summed E-state index contributed by atoms with van der Waals surface area (Å²) in [6.45, 7) is 2.07. The van der Waals surface area contributed by atoms with Crippen LogP contribution in [0.3, 0.4) is 0 Å². The molecule has 3 rings (SSSR count). The Hall–Kier alpha value is -1.20. The topological polar surface area (TPSA) is 38.1 Å². The summed E-state index contributed by atoms with van der Waals surface area (Å²) in [6.07, 6.45) is 3.73. The van der Waals surface area contributed by atoms with Gasteiger partial charge in [-0.1, -0.05) is 15.9 Å². The lowest BCUT2D eigenvalue weighted by Gasteiger charge is -2.30. The number of fused-ring (bicyclic) bond motifs is 1. The maximum Gasteiger partial charge on any atom is 0.261 e. The summed E-state index contributed by atoms with van der Waals surface area (Å²) in [7, 11) is 2.12. The molecule has 2 heterocycles. The lowest BCUT2D eigenvalue weighted by Crippen LogP contribution is -2.35. The molecule has 1 aliphatic rings. The third-order valence-electron chi connectivity index (χ3n) is 3.83. The van der Waals surface area contributed by atoms with Crippen molar-refractivity contribution in [3.63, 3.8) is 0 Å². The molecule has 0 unspecified atom stereocenters. The zero-order valence-electron chi connectivity index (χ0n) is 10.8. The van der Waals surface area contributed by atoms with Gasteiger partial charge in [0.05, 0.1) is 17.2 Å². The average Bonchev–Trinajstić information content (AvgIpc) is 2.41. The minimum atomic E-state index is 0.0702. The Morgan fingerprint density at radius 1 is 1.32 bits per heavy atom. The fourth-order valence-electron chi connectivity index (χ4n) is 2.64. The first-order valence-corrected chi connectivity index (χ1v) is 7.29. The first kappa shape index (κ1) is 12.8. The number of likely N-dealkylation sites (tertiary alicyclic amines) is 1. The van der Waals surface area contributed by atoms with Gasteiger partial charge in [0, 0.05) is 10.5 Å². The molecule has 0 atom stereocenters. The van der Waals surface area contributed by atoms with Gasteiger partial charge in [0.15, 0.2) is 0 Å². The van der Waals surface area contributed by atoms with Crippen LogP contribution in [0, 0.1) is 0 Å². The van der Waals surface area contributed by atoms with Crippen molar-refractivity contribution in [2.75, 3.05) is 20.1 Å². The van der Waals surface area contributed by atoms with E-state index >= 15 is 0 Å². The molecule has 5 heteroatoms. The zero-order valence-corrected chi connectivity index (χ0v) is 12.4. The Morgan fingerprint density at radius 3 is 2.79 bits per heavy atom. The summed E-state index contributed by atoms with van der Waals surface area (Å²) in [6, 6.07) is 5.92. The van der Waals surface area contributed by atoms with Crippen molar-refractivity contribution in [3.8, 4) is 0 Å². The van der Waals surface area contributed by atoms with Gasteiger partial charge in [-0.25, -0.2) is 4.98 Å². The van der Waals surface area contributed by atoms with E-state index < -0.39 is 0 Å². The molecular formula is C14H16BrN3O. The van der Waals surface area contributed by atoms with E-state index in [0.29, 0.717) is 5.39 Å². The highest BCUT2D eigenvalue weighted by Gasteiger charge is 2.19. The molecule has 0 N–H and O–H groups in total. The molecule has 0 aliphatic carbocycles. The van der Waals surface area contributed by atoms with Gasteiger partial charge < -0.3 is 4.90 Å². The highest BCUT2D eigenvalue weighted by molar-refractivity contribution is 9.10. The van der Waals surface area contributed by atoms with Crippen LogP contribution < -0.4 is 5.56 Å². The number of hydrogen-bond acceptors (Lipinski definition) is 3. The van der Waals surface area contributed by atoms with Crippen molar-refractivity contribution in [2.24, 2.45) is 0 Å². The first-order valence-electron chi connectivity index (χ1n) is 6.50. The highest BCUT2D eigenvalue weighted by Crippen LogP contribution is 2.21. The van der Waals surface area contributed by atoms with Crippen LogP contribution in [0.5, 0.6) is 0 Å². The van der Waals surface area contributed by atoms with Crippen LogP contribution >= 0.6 is 15.9 Å². The predicted molar refractivity (Wildman–Crippen MR) is 79.5 cm³/mol. The molecule has 0 bridgehead atoms. The third kappa shape index (κ3) is 2.44. The van der Waals surface area contributed by atoms with Crippen LogP contribution in [0.2, 0.25) is 0 Å². The third-order valence-corrected chi connectivity index (χ3v) is 4.32. The highest BCUT2D eigenvalue weighted by atomic mass is 79.9.